The van der Waals surface area contributed by atoms with Crippen LogP contribution >= 0.6 is 23.7 Å². The van der Waals surface area contributed by atoms with Gasteiger partial charge < -0.3 is 10.6 Å². The summed E-state index contributed by atoms with van der Waals surface area (Å²) in [6, 6.07) is 1.44. The summed E-state index contributed by atoms with van der Waals surface area (Å²) in [5, 5.41) is 18.1. The Labute approximate surface area is 114 Å². The summed E-state index contributed by atoms with van der Waals surface area (Å²) >= 11 is 0.972. The van der Waals surface area contributed by atoms with Crippen molar-refractivity contribution in [2.24, 2.45) is 0 Å². The molecular formula is C10H14ClN3O3S. The molecule has 2 N–H and O–H groups in total. The zero-order valence-electron chi connectivity index (χ0n) is 9.55. The number of amides is 1. The monoisotopic (exact) mass is 291 g/mol. The Balaban J connectivity index is 0.00000162. The van der Waals surface area contributed by atoms with E-state index < -0.39 is 4.92 Å². The molecule has 1 amide bonds. The first kappa shape index (κ1) is 14.9. The molecule has 0 saturated carbocycles. The average Bonchev–Trinajstić information content (AvgIpc) is 2.79. The van der Waals surface area contributed by atoms with Crippen molar-refractivity contribution >= 4 is 34.7 Å². The molecule has 0 radical (unpaired) electrons. The fraction of sp³-hybridized carbons (Fsp3) is 0.500. The van der Waals surface area contributed by atoms with E-state index in [-0.39, 0.29) is 29.4 Å². The number of carbonyl (C=O) groups is 1. The third-order valence-electron chi connectivity index (χ3n) is 2.66. The highest BCUT2D eigenvalue weighted by Crippen LogP contribution is 2.22. The van der Waals surface area contributed by atoms with Crippen LogP contribution in [-0.2, 0) is 0 Å². The van der Waals surface area contributed by atoms with Crippen molar-refractivity contribution in [3.05, 3.63) is 27.1 Å². The van der Waals surface area contributed by atoms with Crippen LogP contribution in [0.15, 0.2) is 11.4 Å². The van der Waals surface area contributed by atoms with E-state index >= 15 is 0 Å². The summed E-state index contributed by atoms with van der Waals surface area (Å²) in [5.41, 5.74) is 0.368. The Morgan fingerprint density at radius 3 is 2.94 bits per heavy atom. The van der Waals surface area contributed by atoms with E-state index in [0.717, 1.165) is 37.3 Å². The van der Waals surface area contributed by atoms with Crippen LogP contribution in [0.4, 0.5) is 5.00 Å². The molecule has 1 fully saturated rings. The summed E-state index contributed by atoms with van der Waals surface area (Å²) in [4.78, 5) is 21.8. The Hall–Kier alpha value is -1.18. The molecule has 6 nitrogen and oxygen atoms in total. The van der Waals surface area contributed by atoms with Gasteiger partial charge in [-0.3, -0.25) is 14.9 Å². The van der Waals surface area contributed by atoms with Gasteiger partial charge in [-0.25, -0.2) is 0 Å². The molecule has 18 heavy (non-hydrogen) atoms. The van der Waals surface area contributed by atoms with Crippen LogP contribution in [0.3, 0.4) is 0 Å². The van der Waals surface area contributed by atoms with Crippen LogP contribution in [0.5, 0.6) is 0 Å². The van der Waals surface area contributed by atoms with E-state index in [1.54, 1.807) is 0 Å². The van der Waals surface area contributed by atoms with Gasteiger partial charge in [-0.05, 0) is 19.4 Å². The van der Waals surface area contributed by atoms with Gasteiger partial charge in [0.15, 0.2) is 0 Å². The first-order chi connectivity index (χ1) is 8.16. The van der Waals surface area contributed by atoms with Crippen molar-refractivity contribution in [2.45, 2.75) is 18.9 Å². The largest absolute Gasteiger partial charge is 0.348 e. The molecule has 0 bridgehead atoms. The first-order valence-corrected chi connectivity index (χ1v) is 6.29. The highest BCUT2D eigenvalue weighted by Gasteiger charge is 2.19. The molecule has 1 aromatic heterocycles. The summed E-state index contributed by atoms with van der Waals surface area (Å²) in [6.45, 7) is 1.74. The minimum absolute atomic E-state index is 0. The molecule has 8 heteroatoms. The highest BCUT2D eigenvalue weighted by molar-refractivity contribution is 7.13. The molecule has 0 aromatic carbocycles. The highest BCUT2D eigenvalue weighted by atomic mass is 35.5. The van der Waals surface area contributed by atoms with Crippen LogP contribution in [0, 0.1) is 10.1 Å². The topological polar surface area (TPSA) is 84.3 Å². The number of halogens is 1. The summed E-state index contributed by atoms with van der Waals surface area (Å²) in [7, 11) is 0. The number of nitro groups is 1. The van der Waals surface area contributed by atoms with Gasteiger partial charge in [0.25, 0.3) is 5.91 Å². The predicted octanol–water partition coefficient (Wildman–Crippen LogP) is 1.56. The Kier molecular flexibility index (Phi) is 5.52. The normalized spacial score (nSPS) is 18.8. The number of nitrogens with zero attached hydrogens (tertiary/aromatic N) is 1. The van der Waals surface area contributed by atoms with Crippen molar-refractivity contribution < 1.29 is 9.72 Å². The minimum Gasteiger partial charge on any atom is -0.348 e. The van der Waals surface area contributed by atoms with E-state index in [4.69, 9.17) is 0 Å². The number of thiophene rings is 1. The lowest BCUT2D eigenvalue weighted by Gasteiger charge is -2.23. The van der Waals surface area contributed by atoms with Crippen molar-refractivity contribution in [1.29, 1.82) is 0 Å². The van der Waals surface area contributed by atoms with Gasteiger partial charge in [0.1, 0.15) is 0 Å². The summed E-state index contributed by atoms with van der Waals surface area (Å²) < 4.78 is 0. The van der Waals surface area contributed by atoms with E-state index in [2.05, 4.69) is 10.6 Å². The Morgan fingerprint density at radius 1 is 1.61 bits per heavy atom. The Bertz CT molecular complexity index is 432. The zero-order chi connectivity index (χ0) is 12.3. The third kappa shape index (κ3) is 3.66. The van der Waals surface area contributed by atoms with Crippen molar-refractivity contribution in [2.75, 3.05) is 13.1 Å². The maximum absolute atomic E-state index is 11.8. The number of piperidine rings is 1. The third-order valence-corrected chi connectivity index (χ3v) is 3.54. The second kappa shape index (κ2) is 6.67. The molecule has 1 aliphatic rings. The van der Waals surface area contributed by atoms with Gasteiger partial charge in [0.2, 0.25) is 0 Å². The number of carbonyl (C=O) groups excluding carboxylic acids is 1. The smallest absolute Gasteiger partial charge is 0.324 e. The lowest BCUT2D eigenvalue weighted by Crippen LogP contribution is -2.45. The molecule has 0 aliphatic carbocycles. The van der Waals surface area contributed by atoms with Gasteiger partial charge in [0, 0.05) is 24.0 Å². The Morgan fingerprint density at radius 2 is 2.39 bits per heavy atom. The second-order valence-electron chi connectivity index (χ2n) is 3.95. The second-order valence-corrected chi connectivity index (χ2v) is 4.84. The van der Waals surface area contributed by atoms with Crippen LogP contribution < -0.4 is 10.6 Å². The standard InChI is InChI=1S/C10H13N3O3S.ClH/c14-10(12-8-2-1-3-11-5-8)7-4-9(13(15)16)17-6-7;/h4,6,8,11H,1-3,5H2,(H,12,14);1H/t8-;/m0./s1. The first-order valence-electron chi connectivity index (χ1n) is 5.41. The van der Waals surface area contributed by atoms with Crippen molar-refractivity contribution in [3.8, 4) is 0 Å². The molecule has 1 aromatic rings. The predicted molar refractivity (Wildman–Crippen MR) is 71.6 cm³/mol. The van der Waals surface area contributed by atoms with Gasteiger partial charge >= 0.3 is 5.00 Å². The van der Waals surface area contributed by atoms with Crippen LogP contribution in [0.2, 0.25) is 0 Å². The van der Waals surface area contributed by atoms with Crippen LogP contribution in [0.1, 0.15) is 23.2 Å². The van der Waals surface area contributed by atoms with E-state index in [1.807, 2.05) is 0 Å². The lowest BCUT2D eigenvalue weighted by molar-refractivity contribution is -0.380. The maximum atomic E-state index is 11.8. The molecule has 0 unspecified atom stereocenters. The SMILES string of the molecule is Cl.O=C(N[C@H]1CCCNC1)c1csc([N+](=O)[O-])c1. The van der Waals surface area contributed by atoms with Crippen LogP contribution in [-0.4, -0.2) is 30.0 Å². The quantitative estimate of drug-likeness (QED) is 0.654. The number of hydrogen-bond acceptors (Lipinski definition) is 5. The molecular weight excluding hydrogens is 278 g/mol. The molecule has 2 heterocycles. The summed E-state index contributed by atoms with van der Waals surface area (Å²) in [5.74, 6) is -0.233. The van der Waals surface area contributed by atoms with Crippen molar-refractivity contribution in [3.63, 3.8) is 0 Å². The minimum atomic E-state index is -0.483. The molecule has 2 rings (SSSR count). The summed E-state index contributed by atoms with van der Waals surface area (Å²) in [6.07, 6.45) is 1.99. The van der Waals surface area contributed by atoms with E-state index in [9.17, 15) is 14.9 Å². The van der Waals surface area contributed by atoms with Gasteiger partial charge in [-0.2, -0.15) is 0 Å². The van der Waals surface area contributed by atoms with Crippen LogP contribution in [0.25, 0.3) is 0 Å². The molecule has 100 valence electrons. The number of hydrogen-bond donors (Lipinski definition) is 2. The maximum Gasteiger partial charge on any atom is 0.324 e. The number of rotatable bonds is 3. The van der Waals surface area contributed by atoms with E-state index in [0.29, 0.717) is 5.56 Å². The number of nitrogens with one attached hydrogen (secondary N) is 2. The van der Waals surface area contributed by atoms with Gasteiger partial charge in [-0.15, -0.1) is 12.4 Å². The fourth-order valence-electron chi connectivity index (χ4n) is 1.78. The molecule has 1 saturated heterocycles. The molecule has 1 atom stereocenters. The zero-order valence-corrected chi connectivity index (χ0v) is 11.2. The van der Waals surface area contributed by atoms with E-state index in [1.165, 1.54) is 11.4 Å². The van der Waals surface area contributed by atoms with Gasteiger partial charge in [0.05, 0.1) is 10.5 Å². The fourth-order valence-corrected chi connectivity index (χ4v) is 2.49. The molecule has 0 spiro atoms. The lowest BCUT2D eigenvalue weighted by atomic mass is 10.1. The van der Waals surface area contributed by atoms with Gasteiger partial charge in [-0.1, -0.05) is 11.3 Å². The molecule has 1 aliphatic heterocycles. The van der Waals surface area contributed by atoms with Crippen molar-refractivity contribution in [1.82, 2.24) is 10.6 Å². The average molecular weight is 292 g/mol.